The molecule has 0 radical (unpaired) electrons. The lowest BCUT2D eigenvalue weighted by Gasteiger charge is -2.34. The molecule has 0 fully saturated rings. The van der Waals surface area contributed by atoms with Crippen LogP contribution in [0.4, 0.5) is 0 Å². The molecule has 0 aliphatic heterocycles. The van der Waals surface area contributed by atoms with E-state index in [1.165, 1.54) is 57.8 Å². The summed E-state index contributed by atoms with van der Waals surface area (Å²) in [5.41, 5.74) is -0.635. The molecule has 0 amide bonds. The SMILES string of the molecule is CCCCCCCCCC(CCCCCC)(CCCCCC)OP(=O)(O)O. The van der Waals surface area contributed by atoms with Crippen molar-refractivity contribution in [3.8, 4) is 0 Å². The zero-order valence-electron chi connectivity index (χ0n) is 18.4. The van der Waals surface area contributed by atoms with E-state index in [0.717, 1.165) is 57.8 Å². The van der Waals surface area contributed by atoms with Crippen LogP contribution in [0.3, 0.4) is 0 Å². The van der Waals surface area contributed by atoms with E-state index in [2.05, 4.69) is 20.8 Å². The summed E-state index contributed by atoms with van der Waals surface area (Å²) in [4.78, 5) is 19.1. The maximum absolute atomic E-state index is 11.7. The van der Waals surface area contributed by atoms with Gasteiger partial charge in [-0.15, -0.1) is 0 Å². The van der Waals surface area contributed by atoms with E-state index < -0.39 is 13.4 Å². The highest BCUT2D eigenvalue weighted by Gasteiger charge is 2.36. The van der Waals surface area contributed by atoms with Crippen LogP contribution in [-0.4, -0.2) is 15.4 Å². The Kier molecular flexibility index (Phi) is 17.1. The van der Waals surface area contributed by atoms with Gasteiger partial charge in [-0.25, -0.2) is 4.57 Å². The first-order valence-corrected chi connectivity index (χ1v) is 13.2. The summed E-state index contributed by atoms with van der Waals surface area (Å²) in [5, 5.41) is 0. The Labute approximate surface area is 169 Å². The minimum atomic E-state index is -4.47. The predicted octanol–water partition coefficient (Wildman–Crippen LogP) is 7.92. The Morgan fingerprint density at radius 1 is 0.593 bits per heavy atom. The van der Waals surface area contributed by atoms with Gasteiger partial charge in [0.25, 0.3) is 0 Å². The third-order valence-electron chi connectivity index (χ3n) is 5.52. The monoisotopic (exact) mass is 406 g/mol. The van der Waals surface area contributed by atoms with Crippen LogP contribution in [0, 0.1) is 0 Å². The average molecular weight is 407 g/mol. The molecule has 0 heterocycles. The molecule has 0 aliphatic carbocycles. The third kappa shape index (κ3) is 16.7. The van der Waals surface area contributed by atoms with Gasteiger partial charge in [-0.3, -0.25) is 4.52 Å². The van der Waals surface area contributed by atoms with E-state index in [-0.39, 0.29) is 0 Å². The number of rotatable bonds is 20. The molecule has 0 rings (SSSR count). The van der Waals surface area contributed by atoms with Crippen molar-refractivity contribution < 1.29 is 18.9 Å². The fraction of sp³-hybridized carbons (Fsp3) is 1.00. The van der Waals surface area contributed by atoms with Crippen LogP contribution in [0.1, 0.15) is 136 Å². The van der Waals surface area contributed by atoms with Crippen molar-refractivity contribution in [2.75, 3.05) is 0 Å². The number of unbranched alkanes of at least 4 members (excludes halogenated alkanes) is 12. The summed E-state index contributed by atoms with van der Waals surface area (Å²) in [6.45, 7) is 6.59. The van der Waals surface area contributed by atoms with Gasteiger partial charge >= 0.3 is 7.82 Å². The van der Waals surface area contributed by atoms with Gasteiger partial charge in [0.15, 0.2) is 0 Å². The molecule has 0 aromatic heterocycles. The molecule has 0 unspecified atom stereocenters. The van der Waals surface area contributed by atoms with E-state index in [4.69, 9.17) is 4.52 Å². The van der Waals surface area contributed by atoms with Crippen LogP contribution in [0.25, 0.3) is 0 Å². The normalized spacial score (nSPS) is 12.6. The summed E-state index contributed by atoms with van der Waals surface area (Å²) in [6, 6.07) is 0. The minimum absolute atomic E-state index is 0.635. The lowest BCUT2D eigenvalue weighted by atomic mass is 9.85. The second-order valence-electron chi connectivity index (χ2n) is 8.26. The van der Waals surface area contributed by atoms with Gasteiger partial charge in [-0.05, 0) is 19.3 Å². The average Bonchev–Trinajstić information content (AvgIpc) is 2.60. The molecular weight excluding hydrogens is 359 g/mol. The third-order valence-corrected chi connectivity index (χ3v) is 6.15. The van der Waals surface area contributed by atoms with Crippen molar-refractivity contribution in [1.29, 1.82) is 0 Å². The number of hydrogen-bond acceptors (Lipinski definition) is 2. The molecule has 0 aromatic rings. The first kappa shape index (κ1) is 27.1. The second kappa shape index (κ2) is 17.0. The molecule has 0 aromatic carbocycles. The Morgan fingerprint density at radius 3 is 1.22 bits per heavy atom. The van der Waals surface area contributed by atoms with Crippen molar-refractivity contribution in [2.24, 2.45) is 0 Å². The number of phosphoric acid groups is 1. The zero-order chi connectivity index (χ0) is 20.4. The van der Waals surface area contributed by atoms with E-state index >= 15 is 0 Å². The van der Waals surface area contributed by atoms with Gasteiger partial charge in [-0.1, -0.05) is 117 Å². The summed E-state index contributed by atoms with van der Waals surface area (Å²) in [6.07, 6.45) is 19.8. The Bertz CT molecular complexity index is 355. The highest BCUT2D eigenvalue weighted by atomic mass is 31.2. The molecule has 0 saturated heterocycles. The van der Waals surface area contributed by atoms with E-state index in [0.29, 0.717) is 0 Å². The lowest BCUT2D eigenvalue weighted by Crippen LogP contribution is -2.32. The molecule has 4 nitrogen and oxygen atoms in total. The van der Waals surface area contributed by atoms with Crippen molar-refractivity contribution in [1.82, 2.24) is 0 Å². The van der Waals surface area contributed by atoms with Gasteiger partial charge in [0, 0.05) is 0 Å². The first-order chi connectivity index (χ1) is 12.9. The maximum atomic E-state index is 11.7. The lowest BCUT2D eigenvalue weighted by molar-refractivity contribution is 0.00538. The zero-order valence-corrected chi connectivity index (χ0v) is 19.3. The molecule has 0 atom stereocenters. The van der Waals surface area contributed by atoms with E-state index in [9.17, 15) is 14.4 Å². The highest BCUT2D eigenvalue weighted by Crippen LogP contribution is 2.47. The fourth-order valence-electron chi connectivity index (χ4n) is 3.92. The van der Waals surface area contributed by atoms with Gasteiger partial charge in [-0.2, -0.15) is 0 Å². The Balaban J connectivity index is 4.71. The molecule has 27 heavy (non-hydrogen) atoms. The van der Waals surface area contributed by atoms with Gasteiger partial charge in [0.05, 0.1) is 5.60 Å². The topological polar surface area (TPSA) is 66.8 Å². The molecular formula is C22H47O4P. The molecule has 0 aliphatic rings. The summed E-state index contributed by atoms with van der Waals surface area (Å²) in [7, 11) is -4.47. The van der Waals surface area contributed by atoms with Crippen LogP contribution in [0.15, 0.2) is 0 Å². The molecule has 0 bridgehead atoms. The summed E-state index contributed by atoms with van der Waals surface area (Å²) >= 11 is 0. The maximum Gasteiger partial charge on any atom is 0.470 e. The molecule has 164 valence electrons. The van der Waals surface area contributed by atoms with Crippen molar-refractivity contribution in [3.05, 3.63) is 0 Å². The molecule has 2 N–H and O–H groups in total. The Morgan fingerprint density at radius 2 is 0.889 bits per heavy atom. The molecule has 0 saturated carbocycles. The van der Waals surface area contributed by atoms with Gasteiger partial charge in [0.1, 0.15) is 0 Å². The van der Waals surface area contributed by atoms with Gasteiger partial charge < -0.3 is 9.79 Å². The molecule has 0 spiro atoms. The fourth-order valence-corrected chi connectivity index (χ4v) is 4.69. The smallest absolute Gasteiger partial charge is 0.303 e. The largest absolute Gasteiger partial charge is 0.470 e. The van der Waals surface area contributed by atoms with Crippen LogP contribution in [0.5, 0.6) is 0 Å². The second-order valence-corrected chi connectivity index (χ2v) is 9.42. The van der Waals surface area contributed by atoms with Crippen molar-refractivity contribution in [2.45, 2.75) is 142 Å². The standard InChI is InChI=1S/C22H47O4P/c1-4-7-10-13-14-15-18-21-22(26-27(23,24)25,19-16-11-8-5-2)20-17-12-9-6-3/h4-21H2,1-3H3,(H2,23,24,25). The first-order valence-electron chi connectivity index (χ1n) is 11.7. The Hall–Kier alpha value is 0.110. The minimum Gasteiger partial charge on any atom is -0.303 e. The van der Waals surface area contributed by atoms with E-state index in [1.54, 1.807) is 0 Å². The van der Waals surface area contributed by atoms with Crippen LogP contribution < -0.4 is 0 Å². The van der Waals surface area contributed by atoms with Crippen molar-refractivity contribution in [3.63, 3.8) is 0 Å². The summed E-state index contributed by atoms with van der Waals surface area (Å²) in [5.74, 6) is 0. The number of hydrogen-bond donors (Lipinski definition) is 2. The van der Waals surface area contributed by atoms with Crippen LogP contribution in [0.2, 0.25) is 0 Å². The van der Waals surface area contributed by atoms with E-state index in [1.807, 2.05) is 0 Å². The van der Waals surface area contributed by atoms with Crippen LogP contribution in [-0.2, 0) is 9.09 Å². The predicted molar refractivity (Wildman–Crippen MR) is 116 cm³/mol. The summed E-state index contributed by atoms with van der Waals surface area (Å²) < 4.78 is 17.2. The van der Waals surface area contributed by atoms with Crippen molar-refractivity contribution >= 4 is 7.82 Å². The number of phosphoric ester groups is 1. The van der Waals surface area contributed by atoms with Crippen LogP contribution >= 0.6 is 7.82 Å². The van der Waals surface area contributed by atoms with Gasteiger partial charge in [0.2, 0.25) is 0 Å². The quantitative estimate of drug-likeness (QED) is 0.159. The highest BCUT2D eigenvalue weighted by molar-refractivity contribution is 7.46. The molecule has 5 heteroatoms.